The van der Waals surface area contributed by atoms with Crippen molar-refractivity contribution in [2.45, 2.75) is 13.8 Å². The van der Waals surface area contributed by atoms with Gasteiger partial charge in [-0.05, 0) is 67.5 Å². The van der Waals surface area contributed by atoms with Crippen LogP contribution in [0.25, 0.3) is 0 Å². The van der Waals surface area contributed by atoms with Crippen LogP contribution in [0.15, 0.2) is 42.5 Å². The topological polar surface area (TPSA) is 59.6 Å². The summed E-state index contributed by atoms with van der Waals surface area (Å²) in [5.41, 5.74) is 3.03. The highest BCUT2D eigenvalue weighted by molar-refractivity contribution is 7.80. The number of rotatable bonds is 5. The quantitative estimate of drug-likeness (QED) is 0.816. The number of hydrogen-bond acceptors (Lipinski definition) is 4. The maximum atomic E-state index is 11.9. The molecule has 126 valence electrons. The number of anilines is 1. The van der Waals surface area contributed by atoms with Crippen LogP contribution in [0, 0.1) is 13.8 Å². The van der Waals surface area contributed by atoms with E-state index in [2.05, 4.69) is 10.6 Å². The molecule has 0 aliphatic carbocycles. The molecule has 0 fully saturated rings. The Labute approximate surface area is 147 Å². The molecule has 2 N–H and O–H groups in total. The van der Waals surface area contributed by atoms with Gasteiger partial charge in [-0.2, -0.15) is 0 Å². The molecule has 0 atom stereocenters. The highest BCUT2D eigenvalue weighted by Crippen LogP contribution is 2.17. The number of methoxy groups -OCH3 is 1. The SMILES string of the molecule is COc1ccc(OCC(=O)NC(=S)Nc2cc(C)ccc2C)cc1. The van der Waals surface area contributed by atoms with Gasteiger partial charge in [-0.1, -0.05) is 12.1 Å². The predicted molar refractivity (Wildman–Crippen MR) is 98.8 cm³/mol. The van der Waals surface area contributed by atoms with E-state index in [-0.39, 0.29) is 17.6 Å². The zero-order chi connectivity index (χ0) is 17.5. The monoisotopic (exact) mass is 344 g/mol. The summed E-state index contributed by atoms with van der Waals surface area (Å²) in [6, 6.07) is 13.0. The normalized spacial score (nSPS) is 9.96. The molecular formula is C18H20N2O3S. The maximum Gasteiger partial charge on any atom is 0.264 e. The summed E-state index contributed by atoms with van der Waals surface area (Å²) in [7, 11) is 1.59. The predicted octanol–water partition coefficient (Wildman–Crippen LogP) is 3.20. The van der Waals surface area contributed by atoms with E-state index in [1.807, 2.05) is 32.0 Å². The van der Waals surface area contributed by atoms with E-state index in [1.54, 1.807) is 31.4 Å². The molecule has 0 saturated carbocycles. The Kier molecular flexibility index (Phi) is 6.14. The van der Waals surface area contributed by atoms with Crippen LogP contribution in [0.3, 0.4) is 0 Å². The smallest absolute Gasteiger partial charge is 0.264 e. The third kappa shape index (κ3) is 5.24. The first-order chi connectivity index (χ1) is 11.5. The molecule has 0 heterocycles. The van der Waals surface area contributed by atoms with Crippen molar-refractivity contribution in [3.05, 3.63) is 53.6 Å². The fraction of sp³-hybridized carbons (Fsp3) is 0.222. The van der Waals surface area contributed by atoms with Crippen molar-refractivity contribution >= 4 is 28.9 Å². The minimum Gasteiger partial charge on any atom is -0.497 e. The lowest BCUT2D eigenvalue weighted by Crippen LogP contribution is -2.37. The van der Waals surface area contributed by atoms with Crippen molar-refractivity contribution < 1.29 is 14.3 Å². The molecule has 0 aliphatic heterocycles. The second kappa shape index (κ2) is 8.31. The van der Waals surface area contributed by atoms with Gasteiger partial charge in [-0.25, -0.2) is 0 Å². The molecule has 0 unspecified atom stereocenters. The molecule has 5 nitrogen and oxygen atoms in total. The first kappa shape index (κ1) is 17.7. The molecule has 0 bridgehead atoms. The van der Waals surface area contributed by atoms with Crippen LogP contribution in [0.4, 0.5) is 5.69 Å². The Balaban J connectivity index is 1.82. The van der Waals surface area contributed by atoms with Gasteiger partial charge in [0.1, 0.15) is 11.5 Å². The fourth-order valence-corrected chi connectivity index (χ4v) is 2.23. The number of benzene rings is 2. The largest absolute Gasteiger partial charge is 0.497 e. The number of ether oxygens (including phenoxy) is 2. The summed E-state index contributed by atoms with van der Waals surface area (Å²) < 4.78 is 10.5. The van der Waals surface area contributed by atoms with Crippen molar-refractivity contribution in [1.82, 2.24) is 5.32 Å². The Morgan fingerprint density at radius 3 is 2.42 bits per heavy atom. The molecule has 6 heteroatoms. The number of nitrogens with one attached hydrogen (secondary N) is 2. The van der Waals surface area contributed by atoms with Crippen molar-refractivity contribution in [3.63, 3.8) is 0 Å². The van der Waals surface area contributed by atoms with E-state index in [0.717, 1.165) is 22.6 Å². The van der Waals surface area contributed by atoms with Crippen LogP contribution >= 0.6 is 12.2 Å². The number of aryl methyl sites for hydroxylation is 2. The molecule has 2 rings (SSSR count). The number of hydrogen-bond donors (Lipinski definition) is 2. The van der Waals surface area contributed by atoms with Gasteiger partial charge in [0, 0.05) is 5.69 Å². The first-order valence-electron chi connectivity index (χ1n) is 7.43. The molecule has 24 heavy (non-hydrogen) atoms. The number of carbonyl (C=O) groups excluding carboxylic acids is 1. The Morgan fingerprint density at radius 2 is 1.75 bits per heavy atom. The molecule has 2 aromatic carbocycles. The lowest BCUT2D eigenvalue weighted by atomic mass is 10.1. The molecule has 0 aliphatic rings. The molecular weight excluding hydrogens is 324 g/mol. The van der Waals surface area contributed by atoms with Crippen LogP contribution in [0.2, 0.25) is 0 Å². The molecule has 0 aromatic heterocycles. The number of amides is 1. The first-order valence-corrected chi connectivity index (χ1v) is 7.83. The van der Waals surface area contributed by atoms with Crippen LogP contribution in [0.1, 0.15) is 11.1 Å². The number of thiocarbonyl (C=S) groups is 1. The molecule has 1 amide bonds. The second-order valence-corrected chi connectivity index (χ2v) is 5.69. The van der Waals surface area contributed by atoms with Gasteiger partial charge in [-0.3, -0.25) is 10.1 Å². The van der Waals surface area contributed by atoms with Gasteiger partial charge < -0.3 is 14.8 Å². The minimum absolute atomic E-state index is 0.124. The van der Waals surface area contributed by atoms with E-state index in [0.29, 0.717) is 5.75 Å². The average Bonchev–Trinajstić information content (AvgIpc) is 2.56. The van der Waals surface area contributed by atoms with E-state index in [4.69, 9.17) is 21.7 Å². The average molecular weight is 344 g/mol. The lowest BCUT2D eigenvalue weighted by Gasteiger charge is -2.13. The third-order valence-corrected chi connectivity index (χ3v) is 3.53. The van der Waals surface area contributed by atoms with Gasteiger partial charge in [0.15, 0.2) is 11.7 Å². The van der Waals surface area contributed by atoms with Crippen molar-refractivity contribution in [3.8, 4) is 11.5 Å². The standard InChI is InChI=1S/C18H20N2O3S/c1-12-4-5-13(2)16(10-12)19-18(24)20-17(21)11-23-15-8-6-14(22-3)7-9-15/h4-10H,11H2,1-3H3,(H2,19,20,21,24). The van der Waals surface area contributed by atoms with E-state index in [9.17, 15) is 4.79 Å². The summed E-state index contributed by atoms with van der Waals surface area (Å²) >= 11 is 5.16. The van der Waals surface area contributed by atoms with Crippen LogP contribution in [-0.4, -0.2) is 24.7 Å². The Bertz CT molecular complexity index is 730. The Hall–Kier alpha value is -2.60. The third-order valence-electron chi connectivity index (χ3n) is 3.32. The molecule has 0 radical (unpaired) electrons. The number of carbonyl (C=O) groups is 1. The van der Waals surface area contributed by atoms with Gasteiger partial charge >= 0.3 is 0 Å². The van der Waals surface area contributed by atoms with Crippen LogP contribution < -0.4 is 20.1 Å². The molecule has 2 aromatic rings. The summed E-state index contributed by atoms with van der Waals surface area (Å²) in [5.74, 6) is 0.985. The van der Waals surface area contributed by atoms with Crippen LogP contribution in [0.5, 0.6) is 11.5 Å². The van der Waals surface area contributed by atoms with Crippen molar-refractivity contribution in [2.24, 2.45) is 0 Å². The summed E-state index contributed by atoms with van der Waals surface area (Å²) in [6.07, 6.45) is 0. The highest BCUT2D eigenvalue weighted by atomic mass is 32.1. The fourth-order valence-electron chi connectivity index (χ4n) is 2.01. The van der Waals surface area contributed by atoms with Crippen molar-refractivity contribution in [2.75, 3.05) is 19.0 Å². The summed E-state index contributed by atoms with van der Waals surface area (Å²) in [5, 5.41) is 5.86. The van der Waals surface area contributed by atoms with Crippen molar-refractivity contribution in [1.29, 1.82) is 0 Å². The maximum absolute atomic E-state index is 11.9. The Morgan fingerprint density at radius 1 is 1.08 bits per heavy atom. The minimum atomic E-state index is -0.325. The molecule has 0 spiro atoms. The lowest BCUT2D eigenvalue weighted by molar-refractivity contribution is -0.121. The summed E-state index contributed by atoms with van der Waals surface area (Å²) in [6.45, 7) is 3.84. The van der Waals surface area contributed by atoms with Gasteiger partial charge in [0.2, 0.25) is 0 Å². The van der Waals surface area contributed by atoms with Gasteiger partial charge in [0.25, 0.3) is 5.91 Å². The van der Waals surface area contributed by atoms with Gasteiger partial charge in [-0.15, -0.1) is 0 Å². The van der Waals surface area contributed by atoms with E-state index >= 15 is 0 Å². The summed E-state index contributed by atoms with van der Waals surface area (Å²) in [4.78, 5) is 11.9. The van der Waals surface area contributed by atoms with E-state index in [1.165, 1.54) is 0 Å². The zero-order valence-corrected chi connectivity index (χ0v) is 14.7. The van der Waals surface area contributed by atoms with Crippen LogP contribution in [-0.2, 0) is 4.79 Å². The van der Waals surface area contributed by atoms with E-state index < -0.39 is 0 Å². The zero-order valence-electron chi connectivity index (χ0n) is 13.9. The van der Waals surface area contributed by atoms with Gasteiger partial charge in [0.05, 0.1) is 7.11 Å². The molecule has 0 saturated heterocycles. The second-order valence-electron chi connectivity index (χ2n) is 5.28. The highest BCUT2D eigenvalue weighted by Gasteiger charge is 2.07.